The average Bonchev–Trinajstić information content (AvgIpc) is 2.33. The molecule has 0 bridgehead atoms. The zero-order valence-corrected chi connectivity index (χ0v) is 13.9. The van der Waals surface area contributed by atoms with Crippen LogP contribution in [0.25, 0.3) is 0 Å². The fourth-order valence-electron chi connectivity index (χ4n) is 2.66. The van der Waals surface area contributed by atoms with Crippen molar-refractivity contribution in [2.24, 2.45) is 5.92 Å². The Morgan fingerprint density at radius 2 is 1.56 bits per heavy atom. The topological polar surface area (TPSA) is 85.2 Å². The van der Waals surface area contributed by atoms with Gasteiger partial charge in [0.25, 0.3) is 0 Å². The fraction of sp³-hybridized carbons (Fsp3) is 1.00. The molecule has 0 aliphatic heterocycles. The van der Waals surface area contributed by atoms with Crippen molar-refractivity contribution in [3.05, 3.63) is 0 Å². The molecule has 0 radical (unpaired) electrons. The summed E-state index contributed by atoms with van der Waals surface area (Å²) in [4.78, 5) is 19.7. The Morgan fingerprint density at radius 1 is 1.17 bits per heavy atom. The summed E-state index contributed by atoms with van der Waals surface area (Å²) in [5.41, 5.74) is 0. The Hall–Kier alpha value is 0.247. The van der Waals surface area contributed by atoms with E-state index >= 15 is 0 Å². The van der Waals surface area contributed by atoms with Gasteiger partial charge in [0.05, 0.1) is 0 Å². The van der Waals surface area contributed by atoms with Crippen molar-refractivity contribution in [1.82, 2.24) is 0 Å². The normalized spacial score (nSPS) is 18.4. The average molecular weight is 300 g/mol. The van der Waals surface area contributed by atoms with Crippen molar-refractivity contribution in [3.8, 4) is 0 Å². The molecular formula is C10H25O6PSi. The van der Waals surface area contributed by atoms with Crippen molar-refractivity contribution in [2.75, 3.05) is 21.3 Å². The maximum absolute atomic E-state index is 12.1. The molecule has 0 saturated carbocycles. The first-order valence-corrected chi connectivity index (χ1v) is 9.27. The van der Waals surface area contributed by atoms with Gasteiger partial charge in [-0.2, -0.15) is 0 Å². The van der Waals surface area contributed by atoms with Gasteiger partial charge in [-0.05, 0) is 12.3 Å². The summed E-state index contributed by atoms with van der Waals surface area (Å²) >= 11 is 0. The van der Waals surface area contributed by atoms with E-state index in [4.69, 9.17) is 13.3 Å². The van der Waals surface area contributed by atoms with E-state index in [1.165, 1.54) is 21.3 Å². The predicted molar refractivity (Wildman–Crippen MR) is 71.3 cm³/mol. The standard InChI is InChI=1S/C10H25O6PSi/c1-7-9(3)10(8-2,17(11,12)13)18(14-4,15-5)16-6/h9H,7-8H2,1-6H3,(H2,11,12,13). The van der Waals surface area contributed by atoms with E-state index in [9.17, 15) is 14.4 Å². The van der Waals surface area contributed by atoms with Crippen LogP contribution in [0.4, 0.5) is 0 Å². The quantitative estimate of drug-likeness (QED) is 0.525. The van der Waals surface area contributed by atoms with Crippen LogP contribution in [-0.4, -0.2) is 44.7 Å². The second-order valence-corrected chi connectivity index (χ2v) is 9.84. The van der Waals surface area contributed by atoms with Crippen LogP contribution in [0.2, 0.25) is 0 Å². The third-order valence-electron chi connectivity index (χ3n) is 3.82. The molecule has 0 rings (SSSR count). The molecule has 0 saturated heterocycles. The highest BCUT2D eigenvalue weighted by Gasteiger charge is 2.70. The summed E-state index contributed by atoms with van der Waals surface area (Å²) in [7, 11) is -3.81. The van der Waals surface area contributed by atoms with E-state index < -0.39 is 21.2 Å². The lowest BCUT2D eigenvalue weighted by Gasteiger charge is -2.46. The van der Waals surface area contributed by atoms with Gasteiger partial charge in [-0.25, -0.2) is 0 Å². The molecule has 18 heavy (non-hydrogen) atoms. The van der Waals surface area contributed by atoms with Gasteiger partial charge in [0.15, 0.2) is 0 Å². The van der Waals surface area contributed by atoms with Gasteiger partial charge in [0.1, 0.15) is 4.78 Å². The van der Waals surface area contributed by atoms with Crippen LogP contribution in [-0.2, 0) is 17.8 Å². The molecule has 110 valence electrons. The molecule has 0 amide bonds. The smallest absolute Gasteiger partial charge is 0.376 e. The van der Waals surface area contributed by atoms with Gasteiger partial charge < -0.3 is 23.1 Å². The summed E-state index contributed by atoms with van der Waals surface area (Å²) < 4.78 is 26.7. The minimum atomic E-state index is -4.46. The molecule has 0 aromatic carbocycles. The van der Waals surface area contributed by atoms with E-state index in [0.717, 1.165) is 0 Å². The van der Waals surface area contributed by atoms with E-state index in [1.807, 2.05) is 6.92 Å². The summed E-state index contributed by atoms with van der Waals surface area (Å²) in [6.45, 7) is 5.40. The zero-order valence-electron chi connectivity index (χ0n) is 12.0. The molecule has 2 N–H and O–H groups in total. The first-order valence-electron chi connectivity index (χ1n) is 5.94. The van der Waals surface area contributed by atoms with Crippen molar-refractivity contribution >= 4 is 16.4 Å². The van der Waals surface area contributed by atoms with Crippen molar-refractivity contribution in [1.29, 1.82) is 0 Å². The molecule has 6 nitrogen and oxygen atoms in total. The summed E-state index contributed by atoms with van der Waals surface area (Å²) in [5.74, 6) is -0.283. The van der Waals surface area contributed by atoms with Gasteiger partial charge in [-0.15, -0.1) is 0 Å². The number of hydrogen-bond donors (Lipinski definition) is 2. The highest BCUT2D eigenvalue weighted by molar-refractivity contribution is 7.56. The molecule has 2 unspecified atom stereocenters. The molecule has 8 heteroatoms. The van der Waals surface area contributed by atoms with Gasteiger partial charge >= 0.3 is 16.4 Å². The van der Waals surface area contributed by atoms with Crippen LogP contribution in [0.5, 0.6) is 0 Å². The molecular weight excluding hydrogens is 275 g/mol. The third-order valence-corrected chi connectivity index (χ3v) is 10.8. The third kappa shape index (κ3) is 2.58. The molecule has 0 fully saturated rings. The van der Waals surface area contributed by atoms with Crippen molar-refractivity contribution in [2.45, 2.75) is 38.4 Å². The number of hydrogen-bond acceptors (Lipinski definition) is 4. The second kappa shape index (κ2) is 6.61. The first-order chi connectivity index (χ1) is 8.22. The SMILES string of the molecule is CCC(C)C(CC)([Si](OC)(OC)OC)P(=O)(O)O. The number of rotatable bonds is 8. The van der Waals surface area contributed by atoms with E-state index in [2.05, 4.69) is 0 Å². The van der Waals surface area contributed by atoms with Gasteiger partial charge in [-0.1, -0.05) is 27.2 Å². The van der Waals surface area contributed by atoms with E-state index in [0.29, 0.717) is 6.42 Å². The molecule has 0 spiro atoms. The molecule has 0 aromatic heterocycles. The Morgan fingerprint density at radius 3 is 1.72 bits per heavy atom. The summed E-state index contributed by atoms with van der Waals surface area (Å²) in [6, 6.07) is 0. The highest BCUT2D eigenvalue weighted by Crippen LogP contribution is 2.61. The summed E-state index contributed by atoms with van der Waals surface area (Å²) in [6.07, 6.45) is 0.831. The molecule has 2 atom stereocenters. The minimum absolute atomic E-state index is 0.230. The van der Waals surface area contributed by atoms with Crippen LogP contribution in [0.1, 0.15) is 33.6 Å². The van der Waals surface area contributed by atoms with E-state index in [1.54, 1.807) is 13.8 Å². The Balaban J connectivity index is 6.09. The first kappa shape index (κ1) is 18.2. The van der Waals surface area contributed by atoms with E-state index in [-0.39, 0.29) is 12.3 Å². The summed E-state index contributed by atoms with van der Waals surface area (Å²) in [5, 5.41) is 0. The molecule has 0 aromatic rings. The monoisotopic (exact) mass is 300 g/mol. The van der Waals surface area contributed by atoms with Crippen molar-refractivity contribution < 1.29 is 27.6 Å². The highest BCUT2D eigenvalue weighted by atomic mass is 31.2. The van der Waals surface area contributed by atoms with Crippen LogP contribution in [0.3, 0.4) is 0 Å². The van der Waals surface area contributed by atoms with Crippen molar-refractivity contribution in [3.63, 3.8) is 0 Å². The zero-order chi connectivity index (χ0) is 14.6. The lowest BCUT2D eigenvalue weighted by atomic mass is 10.0. The van der Waals surface area contributed by atoms with Crippen LogP contribution >= 0.6 is 7.60 Å². The lowest BCUT2D eigenvalue weighted by Crippen LogP contribution is -2.66. The lowest BCUT2D eigenvalue weighted by molar-refractivity contribution is 0.0865. The Labute approximate surface area is 110 Å². The minimum Gasteiger partial charge on any atom is -0.376 e. The fourth-order valence-corrected chi connectivity index (χ4v) is 8.87. The van der Waals surface area contributed by atoms with Gasteiger partial charge in [-0.3, -0.25) is 4.57 Å². The van der Waals surface area contributed by atoms with Gasteiger partial charge in [0.2, 0.25) is 0 Å². The predicted octanol–water partition coefficient (Wildman–Crippen LogP) is 1.78. The van der Waals surface area contributed by atoms with Gasteiger partial charge in [0, 0.05) is 21.3 Å². The molecule has 0 heterocycles. The Kier molecular flexibility index (Phi) is 6.70. The van der Waals surface area contributed by atoms with Crippen LogP contribution in [0.15, 0.2) is 0 Å². The van der Waals surface area contributed by atoms with Crippen LogP contribution < -0.4 is 0 Å². The maximum atomic E-state index is 12.1. The maximum Gasteiger partial charge on any atom is 0.519 e. The Bertz CT molecular complexity index is 294. The molecule has 0 aliphatic carbocycles. The largest absolute Gasteiger partial charge is 0.519 e. The van der Waals surface area contributed by atoms with Crippen LogP contribution in [0, 0.1) is 5.92 Å². The molecule has 0 aliphatic rings. The second-order valence-electron chi connectivity index (χ2n) is 4.30.